The lowest BCUT2D eigenvalue weighted by molar-refractivity contribution is 1.03. The van der Waals surface area contributed by atoms with Crippen LogP contribution in [0.15, 0.2) is 22.7 Å². The van der Waals surface area contributed by atoms with Gasteiger partial charge in [-0.3, -0.25) is 0 Å². The molecule has 0 radical (unpaired) electrons. The van der Waals surface area contributed by atoms with Crippen LogP contribution in [-0.4, -0.2) is 0 Å². The molecule has 0 aliphatic carbocycles. The van der Waals surface area contributed by atoms with Crippen LogP contribution >= 0.6 is 50.1 Å². The largest absolute Gasteiger partial charge is 0.113 e. The summed E-state index contributed by atoms with van der Waals surface area (Å²) in [5, 5.41) is -0.118. The molecule has 0 aliphatic rings. The molecule has 0 nitrogen and oxygen atoms in total. The summed E-state index contributed by atoms with van der Waals surface area (Å²) < 4.78 is 2.27. The van der Waals surface area contributed by atoms with E-state index >= 15 is 0 Å². The normalized spacial score (nSPS) is 12.6. The Morgan fingerprint density at radius 3 is 1.90 bits per heavy atom. The standard InChI is InChI=1S/C18H19BrClI/c1-9-10(2)12(4)17(13(5)11(9)3)18(20)15-8-14(19)6-7-16(15)21/h6-8,18H,1-5H3. The first kappa shape index (κ1) is 17.3. The van der Waals surface area contributed by atoms with E-state index in [9.17, 15) is 0 Å². The summed E-state index contributed by atoms with van der Waals surface area (Å²) in [4.78, 5) is 0. The monoisotopic (exact) mass is 476 g/mol. The van der Waals surface area contributed by atoms with Gasteiger partial charge in [0.05, 0.1) is 5.38 Å². The predicted molar refractivity (Wildman–Crippen MR) is 105 cm³/mol. The van der Waals surface area contributed by atoms with Crippen LogP contribution in [0.2, 0.25) is 0 Å². The first-order chi connectivity index (χ1) is 9.75. The van der Waals surface area contributed by atoms with E-state index in [0.717, 1.165) is 4.47 Å². The van der Waals surface area contributed by atoms with Crippen LogP contribution in [0.5, 0.6) is 0 Å². The third-order valence-electron chi connectivity index (χ3n) is 4.54. The SMILES string of the molecule is Cc1c(C)c(C)c(C(Cl)c2cc(Br)ccc2I)c(C)c1C. The summed E-state index contributed by atoms with van der Waals surface area (Å²) >= 11 is 12.8. The van der Waals surface area contributed by atoms with Crippen LogP contribution in [0, 0.1) is 38.2 Å². The van der Waals surface area contributed by atoms with E-state index in [1.54, 1.807) is 0 Å². The van der Waals surface area contributed by atoms with E-state index in [1.807, 2.05) is 0 Å². The second-order valence-corrected chi connectivity index (χ2v) is 8.08. The average molecular weight is 478 g/mol. The van der Waals surface area contributed by atoms with Gasteiger partial charge in [-0.15, -0.1) is 11.6 Å². The highest BCUT2D eigenvalue weighted by Crippen LogP contribution is 2.39. The second-order valence-electron chi connectivity index (χ2n) is 5.57. The lowest BCUT2D eigenvalue weighted by Crippen LogP contribution is -2.07. The van der Waals surface area contributed by atoms with Crippen LogP contribution in [0.1, 0.15) is 44.3 Å². The first-order valence-corrected chi connectivity index (χ1v) is 9.22. The highest BCUT2D eigenvalue weighted by atomic mass is 127. The third-order valence-corrected chi connectivity index (χ3v) is 6.47. The molecule has 0 heterocycles. The Labute approximate surface area is 154 Å². The minimum Gasteiger partial charge on any atom is -0.113 e. The average Bonchev–Trinajstić information content (AvgIpc) is 2.45. The highest BCUT2D eigenvalue weighted by Gasteiger charge is 2.21. The molecule has 0 amide bonds. The van der Waals surface area contributed by atoms with Crippen molar-refractivity contribution in [3.05, 3.63) is 65.2 Å². The Morgan fingerprint density at radius 2 is 1.38 bits per heavy atom. The van der Waals surface area contributed by atoms with Crippen molar-refractivity contribution in [3.63, 3.8) is 0 Å². The maximum absolute atomic E-state index is 6.89. The van der Waals surface area contributed by atoms with Gasteiger partial charge in [0, 0.05) is 8.04 Å². The summed E-state index contributed by atoms with van der Waals surface area (Å²) in [6, 6.07) is 6.29. The first-order valence-electron chi connectivity index (χ1n) is 6.91. The lowest BCUT2D eigenvalue weighted by Gasteiger charge is -2.23. The molecule has 0 bridgehead atoms. The Bertz CT molecular complexity index is 678. The molecule has 1 atom stereocenters. The molecule has 0 fully saturated rings. The van der Waals surface area contributed by atoms with Crippen molar-refractivity contribution >= 4 is 50.1 Å². The summed E-state index contributed by atoms with van der Waals surface area (Å²) in [5.74, 6) is 0. The molecule has 1 unspecified atom stereocenters. The Balaban J connectivity index is 2.69. The minimum atomic E-state index is -0.118. The molecule has 2 aromatic rings. The van der Waals surface area contributed by atoms with Crippen molar-refractivity contribution < 1.29 is 0 Å². The molecule has 0 saturated heterocycles. The third kappa shape index (κ3) is 3.18. The van der Waals surface area contributed by atoms with Crippen LogP contribution in [0.4, 0.5) is 0 Å². The maximum Gasteiger partial charge on any atom is 0.0851 e. The quantitative estimate of drug-likeness (QED) is 0.325. The van der Waals surface area contributed by atoms with Crippen LogP contribution < -0.4 is 0 Å². The highest BCUT2D eigenvalue weighted by molar-refractivity contribution is 14.1. The van der Waals surface area contributed by atoms with Gasteiger partial charge in [0.2, 0.25) is 0 Å². The summed E-state index contributed by atoms with van der Waals surface area (Å²) in [5.41, 5.74) is 9.13. The second kappa shape index (κ2) is 6.59. The van der Waals surface area contributed by atoms with Crippen LogP contribution in [0.3, 0.4) is 0 Å². The topological polar surface area (TPSA) is 0 Å². The minimum absolute atomic E-state index is 0.118. The zero-order valence-electron chi connectivity index (χ0n) is 12.9. The molecule has 21 heavy (non-hydrogen) atoms. The van der Waals surface area contributed by atoms with E-state index in [1.165, 1.54) is 42.5 Å². The Kier molecular flexibility index (Phi) is 5.43. The van der Waals surface area contributed by atoms with Gasteiger partial charge in [0.25, 0.3) is 0 Å². The molecule has 0 aromatic heterocycles. The van der Waals surface area contributed by atoms with Crippen LogP contribution in [0.25, 0.3) is 0 Å². The maximum atomic E-state index is 6.89. The van der Waals surface area contributed by atoms with Crippen molar-refractivity contribution in [2.75, 3.05) is 0 Å². The number of hydrogen-bond acceptors (Lipinski definition) is 0. The predicted octanol–water partition coefficient (Wildman–Crippen LogP) is 6.92. The Morgan fingerprint density at radius 1 is 0.905 bits per heavy atom. The molecule has 0 spiro atoms. The number of hydrogen-bond donors (Lipinski definition) is 0. The summed E-state index contributed by atoms with van der Waals surface area (Å²) in [7, 11) is 0. The van der Waals surface area contributed by atoms with Gasteiger partial charge in [-0.2, -0.15) is 0 Å². The van der Waals surface area contributed by atoms with Gasteiger partial charge in [-0.25, -0.2) is 0 Å². The molecule has 2 aromatic carbocycles. The molecule has 3 heteroatoms. The smallest absolute Gasteiger partial charge is 0.0851 e. The number of alkyl halides is 1. The lowest BCUT2D eigenvalue weighted by atomic mass is 9.86. The number of halogens is 3. The van der Waals surface area contributed by atoms with Gasteiger partial charge < -0.3 is 0 Å². The van der Waals surface area contributed by atoms with E-state index in [-0.39, 0.29) is 5.38 Å². The van der Waals surface area contributed by atoms with Gasteiger partial charge in [0.1, 0.15) is 0 Å². The van der Waals surface area contributed by atoms with E-state index in [0.29, 0.717) is 0 Å². The van der Waals surface area contributed by atoms with E-state index in [4.69, 9.17) is 11.6 Å². The molecule has 112 valence electrons. The number of rotatable bonds is 2. The fraction of sp³-hybridized carbons (Fsp3) is 0.333. The molecule has 2 rings (SSSR count). The Hall–Kier alpha value is -0.0600. The van der Waals surface area contributed by atoms with Gasteiger partial charge in [-0.1, -0.05) is 15.9 Å². The summed E-state index contributed by atoms with van der Waals surface area (Å²) in [6.45, 7) is 10.9. The number of benzene rings is 2. The van der Waals surface area contributed by atoms with Gasteiger partial charge in [0.15, 0.2) is 0 Å². The molecular weight excluding hydrogens is 458 g/mol. The zero-order valence-corrected chi connectivity index (χ0v) is 17.4. The fourth-order valence-corrected chi connectivity index (χ4v) is 4.49. The molecule has 0 aliphatic heterocycles. The van der Waals surface area contributed by atoms with E-state index in [2.05, 4.69) is 91.3 Å². The molecule has 0 saturated carbocycles. The van der Waals surface area contributed by atoms with Crippen molar-refractivity contribution in [2.45, 2.75) is 40.0 Å². The van der Waals surface area contributed by atoms with Crippen molar-refractivity contribution in [1.82, 2.24) is 0 Å². The van der Waals surface area contributed by atoms with E-state index < -0.39 is 0 Å². The van der Waals surface area contributed by atoms with Crippen molar-refractivity contribution in [3.8, 4) is 0 Å². The molecule has 0 N–H and O–H groups in total. The van der Waals surface area contributed by atoms with Gasteiger partial charge >= 0.3 is 0 Å². The fourth-order valence-electron chi connectivity index (χ4n) is 2.77. The zero-order chi connectivity index (χ0) is 15.9. The van der Waals surface area contributed by atoms with Crippen molar-refractivity contribution in [1.29, 1.82) is 0 Å². The summed E-state index contributed by atoms with van der Waals surface area (Å²) in [6.07, 6.45) is 0. The van der Waals surface area contributed by atoms with Crippen molar-refractivity contribution in [2.24, 2.45) is 0 Å². The van der Waals surface area contributed by atoms with Gasteiger partial charge in [-0.05, 0) is 114 Å². The van der Waals surface area contributed by atoms with Crippen LogP contribution in [-0.2, 0) is 0 Å². The molecular formula is C18H19BrClI.